The van der Waals surface area contributed by atoms with E-state index >= 15 is 0 Å². The smallest absolute Gasteiger partial charge is 0.123 e. The maximum atomic E-state index is 13.1. The van der Waals surface area contributed by atoms with E-state index in [4.69, 9.17) is 5.73 Å². The van der Waals surface area contributed by atoms with Gasteiger partial charge in [-0.05, 0) is 49.4 Å². The first-order valence-electron chi connectivity index (χ1n) is 6.63. The lowest BCUT2D eigenvalue weighted by Crippen LogP contribution is -2.41. The first-order valence-corrected chi connectivity index (χ1v) is 6.63. The van der Waals surface area contributed by atoms with E-state index in [-0.39, 0.29) is 11.4 Å². The van der Waals surface area contributed by atoms with Crippen molar-refractivity contribution in [2.24, 2.45) is 5.73 Å². The van der Waals surface area contributed by atoms with Gasteiger partial charge in [0.2, 0.25) is 0 Å². The Morgan fingerprint density at radius 3 is 2.41 bits per heavy atom. The Hall–Kier alpha value is -0.890. The molecule has 1 aliphatic rings. The number of benzene rings is 1. The highest BCUT2D eigenvalue weighted by molar-refractivity contribution is 5.28. The summed E-state index contributed by atoms with van der Waals surface area (Å²) in [6, 6.07) is 5.04. The van der Waals surface area contributed by atoms with Crippen LogP contribution in [0.2, 0.25) is 0 Å². The fraction of sp³-hybridized carbons (Fsp3) is 0.600. The summed E-state index contributed by atoms with van der Waals surface area (Å²) in [5.41, 5.74) is 8.67. The molecule has 0 aliphatic heterocycles. The normalized spacial score (nSPS) is 19.9. The predicted molar refractivity (Wildman–Crippen MR) is 69.5 cm³/mol. The quantitative estimate of drug-likeness (QED) is 0.777. The maximum Gasteiger partial charge on any atom is 0.123 e. The molecule has 1 fully saturated rings. The van der Waals surface area contributed by atoms with Gasteiger partial charge in [-0.15, -0.1) is 0 Å². The number of aryl methyl sites for hydroxylation is 1. The van der Waals surface area contributed by atoms with Crippen LogP contribution in [-0.4, -0.2) is 5.54 Å². The van der Waals surface area contributed by atoms with Gasteiger partial charge < -0.3 is 5.73 Å². The first kappa shape index (κ1) is 12.6. The molecule has 1 nitrogen and oxygen atoms in total. The molecule has 1 saturated carbocycles. The third-order valence-corrected chi connectivity index (χ3v) is 3.95. The molecule has 0 radical (unpaired) electrons. The standard InChI is InChI=1S/C15H22FN/c1-12-10-14(16)7-6-13(12)11-15(17)8-4-2-3-5-9-15/h6-7,10H,2-5,8-9,11,17H2,1H3. The Morgan fingerprint density at radius 1 is 1.18 bits per heavy atom. The zero-order valence-corrected chi connectivity index (χ0v) is 10.6. The van der Waals surface area contributed by atoms with E-state index in [9.17, 15) is 4.39 Å². The van der Waals surface area contributed by atoms with Gasteiger partial charge in [0, 0.05) is 5.54 Å². The van der Waals surface area contributed by atoms with Crippen molar-refractivity contribution < 1.29 is 4.39 Å². The highest BCUT2D eigenvalue weighted by atomic mass is 19.1. The minimum absolute atomic E-state index is 0.0703. The van der Waals surface area contributed by atoms with Crippen molar-refractivity contribution in [3.63, 3.8) is 0 Å². The van der Waals surface area contributed by atoms with Crippen molar-refractivity contribution in [2.45, 2.75) is 57.4 Å². The molecule has 0 heterocycles. The summed E-state index contributed by atoms with van der Waals surface area (Å²) >= 11 is 0. The molecule has 1 aliphatic carbocycles. The molecular weight excluding hydrogens is 213 g/mol. The summed E-state index contributed by atoms with van der Waals surface area (Å²) in [6.07, 6.45) is 8.17. The Kier molecular flexibility index (Phi) is 3.82. The third kappa shape index (κ3) is 3.29. The van der Waals surface area contributed by atoms with Crippen molar-refractivity contribution in [3.05, 3.63) is 35.1 Å². The maximum absolute atomic E-state index is 13.1. The second-order valence-electron chi connectivity index (χ2n) is 5.52. The second kappa shape index (κ2) is 5.18. The van der Waals surface area contributed by atoms with Crippen LogP contribution in [0.1, 0.15) is 49.7 Å². The summed E-state index contributed by atoms with van der Waals surface area (Å²) in [5.74, 6) is -0.154. The van der Waals surface area contributed by atoms with Gasteiger partial charge in [-0.2, -0.15) is 0 Å². The molecule has 17 heavy (non-hydrogen) atoms. The highest BCUT2D eigenvalue weighted by Gasteiger charge is 2.26. The Bertz CT molecular complexity index is 379. The van der Waals surface area contributed by atoms with Crippen LogP contribution in [0.5, 0.6) is 0 Å². The SMILES string of the molecule is Cc1cc(F)ccc1CC1(N)CCCCCC1. The predicted octanol–water partition coefficient (Wildman–Crippen LogP) is 3.73. The van der Waals surface area contributed by atoms with E-state index in [0.717, 1.165) is 24.8 Å². The molecule has 2 rings (SSSR count). The number of hydrogen-bond acceptors (Lipinski definition) is 1. The molecule has 2 heteroatoms. The van der Waals surface area contributed by atoms with Crippen LogP contribution in [0.4, 0.5) is 4.39 Å². The van der Waals surface area contributed by atoms with Gasteiger partial charge in [0.05, 0.1) is 0 Å². The molecule has 0 amide bonds. The van der Waals surface area contributed by atoms with Gasteiger partial charge in [-0.25, -0.2) is 4.39 Å². The molecule has 0 spiro atoms. The van der Waals surface area contributed by atoms with E-state index < -0.39 is 0 Å². The van der Waals surface area contributed by atoms with Crippen molar-refractivity contribution in [1.82, 2.24) is 0 Å². The lowest BCUT2D eigenvalue weighted by Gasteiger charge is -2.29. The molecule has 2 N–H and O–H groups in total. The number of hydrogen-bond donors (Lipinski definition) is 1. The third-order valence-electron chi connectivity index (χ3n) is 3.95. The van der Waals surface area contributed by atoms with E-state index in [1.165, 1.54) is 31.2 Å². The topological polar surface area (TPSA) is 26.0 Å². The van der Waals surface area contributed by atoms with Gasteiger partial charge in [0.15, 0.2) is 0 Å². The summed E-state index contributed by atoms with van der Waals surface area (Å²) in [7, 11) is 0. The Balaban J connectivity index is 2.12. The summed E-state index contributed by atoms with van der Waals surface area (Å²) in [4.78, 5) is 0. The van der Waals surface area contributed by atoms with Gasteiger partial charge in [0.25, 0.3) is 0 Å². The van der Waals surface area contributed by atoms with Gasteiger partial charge >= 0.3 is 0 Å². The van der Waals surface area contributed by atoms with Crippen LogP contribution in [0.3, 0.4) is 0 Å². The van der Waals surface area contributed by atoms with Crippen molar-refractivity contribution >= 4 is 0 Å². The molecular formula is C15H22FN. The molecule has 0 atom stereocenters. The minimum Gasteiger partial charge on any atom is -0.325 e. The van der Waals surface area contributed by atoms with Gasteiger partial charge in [-0.3, -0.25) is 0 Å². The molecule has 94 valence electrons. The van der Waals surface area contributed by atoms with Crippen molar-refractivity contribution in [3.8, 4) is 0 Å². The second-order valence-corrected chi connectivity index (χ2v) is 5.52. The fourth-order valence-corrected chi connectivity index (χ4v) is 2.85. The summed E-state index contributed by atoms with van der Waals surface area (Å²) < 4.78 is 13.1. The Labute approximate surface area is 103 Å². The van der Waals surface area contributed by atoms with Crippen LogP contribution in [0.15, 0.2) is 18.2 Å². The Morgan fingerprint density at radius 2 is 1.82 bits per heavy atom. The average Bonchev–Trinajstić information content (AvgIpc) is 2.48. The van der Waals surface area contributed by atoms with Gasteiger partial charge in [0.1, 0.15) is 5.82 Å². The van der Waals surface area contributed by atoms with E-state index in [1.54, 1.807) is 12.1 Å². The van der Waals surface area contributed by atoms with Gasteiger partial charge in [-0.1, -0.05) is 31.7 Å². The number of rotatable bonds is 2. The lowest BCUT2D eigenvalue weighted by atomic mass is 9.84. The van der Waals surface area contributed by atoms with E-state index in [0.29, 0.717) is 0 Å². The van der Waals surface area contributed by atoms with Crippen LogP contribution in [-0.2, 0) is 6.42 Å². The molecule has 0 bridgehead atoms. The fourth-order valence-electron chi connectivity index (χ4n) is 2.85. The largest absolute Gasteiger partial charge is 0.325 e. The number of nitrogens with two attached hydrogens (primary N) is 1. The lowest BCUT2D eigenvalue weighted by molar-refractivity contribution is 0.368. The zero-order valence-electron chi connectivity index (χ0n) is 10.6. The van der Waals surface area contributed by atoms with Crippen LogP contribution in [0.25, 0.3) is 0 Å². The summed E-state index contributed by atoms with van der Waals surface area (Å²) in [6.45, 7) is 1.97. The van der Waals surface area contributed by atoms with Crippen LogP contribution in [0, 0.1) is 12.7 Å². The zero-order chi connectivity index (χ0) is 12.3. The minimum atomic E-state index is -0.154. The van der Waals surface area contributed by atoms with Crippen molar-refractivity contribution in [2.75, 3.05) is 0 Å². The monoisotopic (exact) mass is 235 g/mol. The highest BCUT2D eigenvalue weighted by Crippen LogP contribution is 2.29. The molecule has 1 aromatic carbocycles. The van der Waals surface area contributed by atoms with Crippen LogP contribution >= 0.6 is 0 Å². The molecule has 1 aromatic rings. The average molecular weight is 235 g/mol. The van der Waals surface area contributed by atoms with Crippen LogP contribution < -0.4 is 5.73 Å². The summed E-state index contributed by atoms with van der Waals surface area (Å²) in [5, 5.41) is 0. The van der Waals surface area contributed by atoms with E-state index in [2.05, 4.69) is 0 Å². The molecule has 0 saturated heterocycles. The van der Waals surface area contributed by atoms with E-state index in [1.807, 2.05) is 13.0 Å². The molecule has 0 aromatic heterocycles. The van der Waals surface area contributed by atoms with Crippen molar-refractivity contribution in [1.29, 1.82) is 0 Å². The molecule has 0 unspecified atom stereocenters. The first-order chi connectivity index (χ1) is 8.09. The number of halogens is 1.